The molecule has 1 N–H and O–H groups in total. The Balaban J connectivity index is 1.29. The topological polar surface area (TPSA) is 105 Å². The van der Waals surface area contributed by atoms with Gasteiger partial charge in [-0.1, -0.05) is 18.2 Å². The molecule has 0 saturated carbocycles. The third-order valence-electron chi connectivity index (χ3n) is 6.49. The smallest absolute Gasteiger partial charge is 0.264 e. The van der Waals surface area contributed by atoms with E-state index < -0.39 is 10.0 Å². The molecule has 9 nitrogen and oxygen atoms in total. The summed E-state index contributed by atoms with van der Waals surface area (Å²) in [6.45, 7) is 2.61. The van der Waals surface area contributed by atoms with Crippen molar-refractivity contribution in [1.29, 1.82) is 0 Å². The standard InChI is InChI=1S/C27H26FN5O4S/c1-37-24-16-20(27(34)33-14-12-32(13-15-33)18-21-9-11-29-17-22(21)28)7-8-23(24)31-38(35,36)25-6-2-4-19-5-3-10-30-26(19)25/h2-11,16-17,31H,12-15,18H2,1H3. The molecule has 0 unspecified atom stereocenters. The molecule has 3 heterocycles. The molecule has 11 heteroatoms. The van der Waals surface area contributed by atoms with E-state index in [1.807, 2.05) is 0 Å². The summed E-state index contributed by atoms with van der Waals surface area (Å²) in [5.41, 5.74) is 1.52. The van der Waals surface area contributed by atoms with Gasteiger partial charge in [0.05, 0.1) is 24.5 Å². The van der Waals surface area contributed by atoms with Gasteiger partial charge in [0.25, 0.3) is 15.9 Å². The van der Waals surface area contributed by atoms with Crippen LogP contribution in [0.1, 0.15) is 15.9 Å². The number of methoxy groups -OCH3 is 1. The fraction of sp³-hybridized carbons (Fsp3) is 0.222. The van der Waals surface area contributed by atoms with Crippen molar-refractivity contribution in [1.82, 2.24) is 19.8 Å². The summed E-state index contributed by atoms with van der Waals surface area (Å²) in [4.78, 5) is 25.0. The van der Waals surface area contributed by atoms with Crippen molar-refractivity contribution in [2.45, 2.75) is 11.4 Å². The molecule has 5 rings (SSSR count). The van der Waals surface area contributed by atoms with Crippen LogP contribution in [0, 0.1) is 5.82 Å². The Hall–Kier alpha value is -4.09. The molecule has 0 radical (unpaired) electrons. The van der Waals surface area contributed by atoms with Gasteiger partial charge in [0.2, 0.25) is 0 Å². The highest BCUT2D eigenvalue weighted by Crippen LogP contribution is 2.30. The number of benzene rings is 2. The number of amides is 1. The highest BCUT2D eigenvalue weighted by molar-refractivity contribution is 7.93. The number of ether oxygens (including phenoxy) is 1. The highest BCUT2D eigenvalue weighted by Gasteiger charge is 2.25. The lowest BCUT2D eigenvalue weighted by Gasteiger charge is -2.34. The molecule has 1 aliphatic rings. The van der Waals surface area contributed by atoms with Gasteiger partial charge in [-0.3, -0.25) is 24.4 Å². The number of carbonyl (C=O) groups excluding carboxylic acids is 1. The molecule has 1 aliphatic heterocycles. The summed E-state index contributed by atoms with van der Waals surface area (Å²) in [6.07, 6.45) is 4.30. The minimum Gasteiger partial charge on any atom is -0.495 e. The third-order valence-corrected chi connectivity index (χ3v) is 7.89. The maximum absolute atomic E-state index is 13.9. The molecule has 1 amide bonds. The van der Waals surface area contributed by atoms with Gasteiger partial charge in [-0.05, 0) is 36.4 Å². The van der Waals surface area contributed by atoms with Gasteiger partial charge < -0.3 is 9.64 Å². The number of fused-ring (bicyclic) bond motifs is 1. The van der Waals surface area contributed by atoms with Crippen LogP contribution >= 0.6 is 0 Å². The van der Waals surface area contributed by atoms with Crippen molar-refractivity contribution >= 4 is 32.5 Å². The van der Waals surface area contributed by atoms with Gasteiger partial charge in [-0.25, -0.2) is 12.8 Å². The predicted molar refractivity (Wildman–Crippen MR) is 141 cm³/mol. The van der Waals surface area contributed by atoms with E-state index in [2.05, 4.69) is 19.6 Å². The van der Waals surface area contributed by atoms with E-state index in [0.29, 0.717) is 54.8 Å². The van der Waals surface area contributed by atoms with Crippen LogP contribution in [0.4, 0.5) is 10.1 Å². The summed E-state index contributed by atoms with van der Waals surface area (Å²) in [7, 11) is -2.57. The minimum atomic E-state index is -3.99. The second-order valence-corrected chi connectivity index (χ2v) is 10.5. The number of piperazine rings is 1. The number of hydrogen-bond acceptors (Lipinski definition) is 7. The number of sulfonamides is 1. The Labute approximate surface area is 219 Å². The average molecular weight is 536 g/mol. The zero-order chi connectivity index (χ0) is 26.7. The van der Waals surface area contributed by atoms with Gasteiger partial charge in [0.15, 0.2) is 0 Å². The fourth-order valence-electron chi connectivity index (χ4n) is 4.47. The zero-order valence-corrected chi connectivity index (χ0v) is 21.5. The summed E-state index contributed by atoms with van der Waals surface area (Å²) < 4.78 is 48.4. The number of nitrogens with one attached hydrogen (secondary N) is 1. The number of rotatable bonds is 7. The second-order valence-electron chi connectivity index (χ2n) is 8.89. The molecule has 0 aliphatic carbocycles. The van der Waals surface area contributed by atoms with Crippen molar-refractivity contribution in [2.24, 2.45) is 0 Å². The first-order chi connectivity index (χ1) is 18.4. The Morgan fingerprint density at radius 2 is 1.84 bits per heavy atom. The van der Waals surface area contributed by atoms with Crippen LogP contribution in [0.25, 0.3) is 10.9 Å². The molecule has 0 atom stereocenters. The van der Waals surface area contributed by atoms with E-state index >= 15 is 0 Å². The van der Waals surface area contributed by atoms with Gasteiger partial charge in [-0.15, -0.1) is 0 Å². The Kier molecular flexibility index (Phi) is 7.21. The van der Waals surface area contributed by atoms with E-state index in [9.17, 15) is 17.6 Å². The second kappa shape index (κ2) is 10.7. The number of nitrogens with zero attached hydrogens (tertiary/aromatic N) is 4. The predicted octanol–water partition coefficient (Wildman–Crippen LogP) is 3.54. The van der Waals surface area contributed by atoms with Crippen LogP contribution in [0.2, 0.25) is 0 Å². The largest absolute Gasteiger partial charge is 0.495 e. The molecular formula is C27H26FN5O4S. The van der Waals surface area contributed by atoms with E-state index in [1.165, 1.54) is 31.5 Å². The van der Waals surface area contributed by atoms with E-state index in [-0.39, 0.29) is 28.1 Å². The molecule has 2 aromatic carbocycles. The van der Waals surface area contributed by atoms with Gasteiger partial charge in [-0.2, -0.15) is 0 Å². The zero-order valence-electron chi connectivity index (χ0n) is 20.7. The van der Waals surface area contributed by atoms with Crippen LogP contribution in [0.3, 0.4) is 0 Å². The third kappa shape index (κ3) is 5.29. The molecule has 0 bridgehead atoms. The number of halogens is 1. The summed E-state index contributed by atoms with van der Waals surface area (Å²) >= 11 is 0. The number of carbonyl (C=O) groups is 1. The Bertz CT molecular complexity index is 1580. The molecule has 1 fully saturated rings. The molecular weight excluding hydrogens is 509 g/mol. The molecule has 38 heavy (non-hydrogen) atoms. The Morgan fingerprint density at radius 1 is 1.05 bits per heavy atom. The lowest BCUT2D eigenvalue weighted by molar-refractivity contribution is 0.0626. The number of para-hydroxylation sites is 1. The monoisotopic (exact) mass is 535 g/mol. The maximum Gasteiger partial charge on any atom is 0.264 e. The maximum atomic E-state index is 13.9. The minimum absolute atomic E-state index is 0.0438. The van der Waals surface area contributed by atoms with Gasteiger partial charge in [0.1, 0.15) is 16.5 Å². The first-order valence-electron chi connectivity index (χ1n) is 12.0. The SMILES string of the molecule is COc1cc(C(=O)N2CCN(Cc3ccncc3F)CC2)ccc1NS(=O)(=O)c1cccc2cccnc12. The fourth-order valence-corrected chi connectivity index (χ4v) is 5.72. The molecule has 4 aromatic rings. The Morgan fingerprint density at radius 3 is 2.61 bits per heavy atom. The summed E-state index contributed by atoms with van der Waals surface area (Å²) in [5, 5.41) is 0.703. The van der Waals surface area contributed by atoms with Crippen molar-refractivity contribution in [3.05, 3.63) is 90.1 Å². The van der Waals surface area contributed by atoms with Crippen molar-refractivity contribution < 1.29 is 22.3 Å². The molecule has 1 saturated heterocycles. The van der Waals surface area contributed by atoms with Crippen molar-refractivity contribution in [3.8, 4) is 5.75 Å². The average Bonchev–Trinajstić information content (AvgIpc) is 2.94. The highest BCUT2D eigenvalue weighted by atomic mass is 32.2. The van der Waals surface area contributed by atoms with Crippen LogP contribution in [-0.2, 0) is 16.6 Å². The first-order valence-corrected chi connectivity index (χ1v) is 13.5. The lowest BCUT2D eigenvalue weighted by atomic mass is 10.1. The lowest BCUT2D eigenvalue weighted by Crippen LogP contribution is -2.48. The van der Waals surface area contributed by atoms with Crippen molar-refractivity contribution in [3.63, 3.8) is 0 Å². The molecule has 2 aromatic heterocycles. The summed E-state index contributed by atoms with van der Waals surface area (Å²) in [6, 6.07) is 14.7. The van der Waals surface area contributed by atoms with Crippen molar-refractivity contribution in [2.75, 3.05) is 38.0 Å². The van der Waals surface area contributed by atoms with Crippen LogP contribution in [-0.4, -0.2) is 67.4 Å². The number of hydrogen-bond donors (Lipinski definition) is 1. The van der Waals surface area contributed by atoms with Crippen LogP contribution < -0.4 is 9.46 Å². The van der Waals surface area contributed by atoms with Gasteiger partial charge in [0, 0.05) is 61.6 Å². The van der Waals surface area contributed by atoms with Crippen LogP contribution in [0.15, 0.2) is 78.1 Å². The number of anilines is 1. The normalized spacial score (nSPS) is 14.4. The first kappa shape index (κ1) is 25.6. The number of pyridine rings is 2. The quantitative estimate of drug-likeness (QED) is 0.386. The van der Waals surface area contributed by atoms with E-state index in [0.717, 1.165) is 0 Å². The van der Waals surface area contributed by atoms with Crippen LogP contribution in [0.5, 0.6) is 5.75 Å². The van der Waals surface area contributed by atoms with Gasteiger partial charge >= 0.3 is 0 Å². The van der Waals surface area contributed by atoms with E-state index in [4.69, 9.17) is 4.74 Å². The molecule has 196 valence electrons. The van der Waals surface area contributed by atoms with E-state index in [1.54, 1.807) is 53.7 Å². The number of aromatic nitrogens is 2. The molecule has 0 spiro atoms. The summed E-state index contributed by atoms with van der Waals surface area (Å²) in [5.74, 6) is -0.310.